The molecule has 0 radical (unpaired) electrons. The number of hydrogen-bond donors (Lipinski definition) is 1. The standard InChI is InChI=1S/C19H21Cl3N2O/c1-2-17(25)23-18(19(20,21)22)24(13-15-9-5-3-6-10-15)14-16-11-7-4-8-12-16/h3-12,18H,2,13-14H2,1H3,(H,23,25)/t18-/m0/s1. The van der Waals surface area contributed by atoms with E-state index in [0.717, 1.165) is 11.1 Å². The van der Waals surface area contributed by atoms with Gasteiger partial charge in [0.15, 0.2) is 0 Å². The number of nitrogens with one attached hydrogen (secondary N) is 1. The maximum atomic E-state index is 12.0. The highest BCUT2D eigenvalue weighted by Crippen LogP contribution is 2.33. The maximum Gasteiger partial charge on any atom is 0.223 e. The number of rotatable bonds is 7. The molecule has 0 aromatic heterocycles. The summed E-state index contributed by atoms with van der Waals surface area (Å²) < 4.78 is -1.66. The Morgan fingerprint density at radius 2 is 1.40 bits per heavy atom. The molecule has 134 valence electrons. The third-order valence-corrected chi connectivity index (χ3v) is 4.37. The van der Waals surface area contributed by atoms with Gasteiger partial charge in [0.2, 0.25) is 9.70 Å². The quantitative estimate of drug-likeness (QED) is 0.530. The zero-order valence-electron chi connectivity index (χ0n) is 14.0. The van der Waals surface area contributed by atoms with Crippen LogP contribution in [-0.4, -0.2) is 20.8 Å². The summed E-state index contributed by atoms with van der Waals surface area (Å²) in [6, 6.07) is 19.8. The fourth-order valence-corrected chi connectivity index (χ4v) is 3.09. The molecule has 2 aromatic carbocycles. The fourth-order valence-electron chi connectivity index (χ4n) is 2.51. The highest BCUT2D eigenvalue weighted by Gasteiger charge is 2.38. The SMILES string of the molecule is CCC(=O)N[C@@H](N(Cc1ccccc1)Cc1ccccc1)C(Cl)(Cl)Cl. The van der Waals surface area contributed by atoms with Gasteiger partial charge in [-0.05, 0) is 11.1 Å². The van der Waals surface area contributed by atoms with E-state index in [1.807, 2.05) is 65.6 Å². The number of hydrogen-bond acceptors (Lipinski definition) is 2. The maximum absolute atomic E-state index is 12.0. The lowest BCUT2D eigenvalue weighted by molar-refractivity contribution is -0.123. The van der Waals surface area contributed by atoms with E-state index in [2.05, 4.69) is 5.32 Å². The minimum Gasteiger partial charge on any atom is -0.337 e. The van der Waals surface area contributed by atoms with Crippen molar-refractivity contribution < 1.29 is 4.79 Å². The molecule has 6 heteroatoms. The molecule has 0 aliphatic carbocycles. The van der Waals surface area contributed by atoms with E-state index in [1.54, 1.807) is 6.92 Å². The number of amides is 1. The summed E-state index contributed by atoms with van der Waals surface area (Å²) in [7, 11) is 0. The summed E-state index contributed by atoms with van der Waals surface area (Å²) in [4.78, 5) is 13.9. The predicted octanol–water partition coefficient (Wildman–Crippen LogP) is 4.91. The Hall–Kier alpha value is -1.26. The van der Waals surface area contributed by atoms with Crippen molar-refractivity contribution in [3.63, 3.8) is 0 Å². The van der Waals surface area contributed by atoms with E-state index in [0.29, 0.717) is 19.5 Å². The van der Waals surface area contributed by atoms with Crippen LogP contribution in [0.25, 0.3) is 0 Å². The monoisotopic (exact) mass is 398 g/mol. The van der Waals surface area contributed by atoms with Gasteiger partial charge in [-0.25, -0.2) is 0 Å². The summed E-state index contributed by atoms with van der Waals surface area (Å²) in [5.41, 5.74) is 2.15. The van der Waals surface area contributed by atoms with E-state index in [-0.39, 0.29) is 5.91 Å². The Balaban J connectivity index is 2.30. The number of benzene rings is 2. The molecule has 0 heterocycles. The van der Waals surface area contributed by atoms with Crippen molar-refractivity contribution in [3.8, 4) is 0 Å². The van der Waals surface area contributed by atoms with E-state index in [9.17, 15) is 4.79 Å². The third-order valence-electron chi connectivity index (χ3n) is 3.75. The highest BCUT2D eigenvalue weighted by atomic mass is 35.6. The highest BCUT2D eigenvalue weighted by molar-refractivity contribution is 6.68. The van der Waals surface area contributed by atoms with Crippen LogP contribution < -0.4 is 5.32 Å². The lowest BCUT2D eigenvalue weighted by atomic mass is 10.1. The van der Waals surface area contributed by atoms with Crippen molar-refractivity contribution >= 4 is 40.7 Å². The molecule has 1 amide bonds. The van der Waals surface area contributed by atoms with Gasteiger partial charge >= 0.3 is 0 Å². The lowest BCUT2D eigenvalue weighted by Gasteiger charge is -2.36. The molecule has 0 unspecified atom stereocenters. The van der Waals surface area contributed by atoms with Crippen molar-refractivity contribution in [2.45, 2.75) is 36.4 Å². The van der Waals surface area contributed by atoms with Crippen LogP contribution in [0, 0.1) is 0 Å². The minimum absolute atomic E-state index is 0.164. The van der Waals surface area contributed by atoms with Crippen LogP contribution >= 0.6 is 34.8 Å². The van der Waals surface area contributed by atoms with Crippen LogP contribution in [0.3, 0.4) is 0 Å². The number of nitrogens with zero attached hydrogens (tertiary/aromatic N) is 1. The van der Waals surface area contributed by atoms with E-state index >= 15 is 0 Å². The average Bonchev–Trinajstić information content (AvgIpc) is 2.59. The first-order valence-corrected chi connectivity index (χ1v) is 9.21. The Morgan fingerprint density at radius 3 is 1.76 bits per heavy atom. The molecule has 2 aromatic rings. The lowest BCUT2D eigenvalue weighted by Crippen LogP contribution is -2.54. The molecule has 0 aliphatic heterocycles. The molecule has 0 fully saturated rings. The molecule has 0 spiro atoms. The van der Waals surface area contributed by atoms with Gasteiger partial charge in [0.1, 0.15) is 6.17 Å². The van der Waals surface area contributed by atoms with E-state index < -0.39 is 9.96 Å². The molecular weight excluding hydrogens is 379 g/mol. The van der Waals surface area contributed by atoms with Gasteiger partial charge in [0, 0.05) is 19.5 Å². The van der Waals surface area contributed by atoms with Crippen LogP contribution in [0.1, 0.15) is 24.5 Å². The second-order valence-electron chi connectivity index (χ2n) is 5.74. The van der Waals surface area contributed by atoms with Crippen LogP contribution in [-0.2, 0) is 17.9 Å². The molecule has 3 nitrogen and oxygen atoms in total. The van der Waals surface area contributed by atoms with Crippen LogP contribution in [0.4, 0.5) is 0 Å². The molecular formula is C19H21Cl3N2O. The van der Waals surface area contributed by atoms with Gasteiger partial charge in [-0.2, -0.15) is 0 Å². The largest absolute Gasteiger partial charge is 0.337 e. The predicted molar refractivity (Wildman–Crippen MR) is 105 cm³/mol. The topological polar surface area (TPSA) is 32.3 Å². The first kappa shape index (κ1) is 20.1. The number of alkyl halides is 3. The van der Waals surface area contributed by atoms with Crippen LogP contribution in [0.15, 0.2) is 60.7 Å². The van der Waals surface area contributed by atoms with E-state index in [1.165, 1.54) is 0 Å². The normalized spacial score (nSPS) is 12.8. The van der Waals surface area contributed by atoms with Crippen molar-refractivity contribution in [2.24, 2.45) is 0 Å². The minimum atomic E-state index is -1.66. The van der Waals surface area contributed by atoms with Gasteiger partial charge in [-0.15, -0.1) is 0 Å². The molecule has 25 heavy (non-hydrogen) atoms. The van der Waals surface area contributed by atoms with Crippen LogP contribution in [0.5, 0.6) is 0 Å². The number of halogens is 3. The second kappa shape index (κ2) is 9.44. The summed E-state index contributed by atoms with van der Waals surface area (Å²) in [5, 5.41) is 2.84. The Morgan fingerprint density at radius 1 is 0.960 bits per heavy atom. The number of carbonyl (C=O) groups excluding carboxylic acids is 1. The molecule has 1 atom stereocenters. The smallest absolute Gasteiger partial charge is 0.223 e. The Labute approximate surface area is 163 Å². The van der Waals surface area contributed by atoms with Gasteiger partial charge in [-0.3, -0.25) is 9.69 Å². The second-order valence-corrected chi connectivity index (χ2v) is 8.11. The molecule has 1 N–H and O–H groups in total. The van der Waals surface area contributed by atoms with Crippen molar-refractivity contribution in [1.82, 2.24) is 10.2 Å². The molecule has 0 saturated heterocycles. The zero-order chi connectivity index (χ0) is 18.3. The first-order chi connectivity index (χ1) is 11.9. The average molecular weight is 400 g/mol. The summed E-state index contributed by atoms with van der Waals surface area (Å²) in [5.74, 6) is -0.164. The summed E-state index contributed by atoms with van der Waals surface area (Å²) in [6.07, 6.45) is -0.424. The van der Waals surface area contributed by atoms with E-state index in [4.69, 9.17) is 34.8 Å². The van der Waals surface area contributed by atoms with Crippen LogP contribution in [0.2, 0.25) is 0 Å². The molecule has 0 saturated carbocycles. The van der Waals surface area contributed by atoms with Crippen molar-refractivity contribution in [3.05, 3.63) is 71.8 Å². The molecule has 2 rings (SSSR count). The third kappa shape index (κ3) is 6.52. The summed E-state index contributed by atoms with van der Waals surface area (Å²) >= 11 is 18.6. The first-order valence-electron chi connectivity index (χ1n) is 8.08. The summed E-state index contributed by atoms with van der Waals surface area (Å²) in [6.45, 7) is 2.85. The van der Waals surface area contributed by atoms with Crippen molar-refractivity contribution in [2.75, 3.05) is 0 Å². The van der Waals surface area contributed by atoms with Gasteiger partial charge in [0.05, 0.1) is 0 Å². The Bertz CT molecular complexity index is 618. The van der Waals surface area contributed by atoms with Crippen molar-refractivity contribution in [1.29, 1.82) is 0 Å². The van der Waals surface area contributed by atoms with Gasteiger partial charge in [-0.1, -0.05) is 102 Å². The number of carbonyl (C=O) groups is 1. The van der Waals surface area contributed by atoms with Gasteiger partial charge < -0.3 is 5.32 Å². The molecule has 0 aliphatic rings. The molecule has 0 bridgehead atoms. The van der Waals surface area contributed by atoms with Gasteiger partial charge in [0.25, 0.3) is 0 Å². The fraction of sp³-hybridized carbons (Fsp3) is 0.316. The Kier molecular flexibility index (Phi) is 7.57. The zero-order valence-corrected chi connectivity index (χ0v) is 16.2.